The number of nitrogens with two attached hydrogens (primary N) is 1. The molecule has 0 bridgehead atoms. The van der Waals surface area contributed by atoms with Crippen LogP contribution in [-0.2, 0) is 13.0 Å². The highest BCUT2D eigenvalue weighted by Gasteiger charge is 2.13. The van der Waals surface area contributed by atoms with E-state index in [-0.39, 0.29) is 11.1 Å². The van der Waals surface area contributed by atoms with Gasteiger partial charge in [0, 0.05) is 25.3 Å². The van der Waals surface area contributed by atoms with E-state index in [0.717, 1.165) is 24.3 Å². The van der Waals surface area contributed by atoms with Crippen molar-refractivity contribution < 1.29 is 9.34 Å². The van der Waals surface area contributed by atoms with E-state index >= 15 is 0 Å². The molecule has 0 fully saturated rings. The van der Waals surface area contributed by atoms with Gasteiger partial charge in [-0.2, -0.15) is 12.6 Å². The molecular formula is C13H22N4O3S. The van der Waals surface area contributed by atoms with Crippen molar-refractivity contribution in [2.45, 2.75) is 18.2 Å². The zero-order chi connectivity index (χ0) is 16.0. The lowest BCUT2D eigenvalue weighted by Crippen LogP contribution is -2.31. The van der Waals surface area contributed by atoms with Crippen molar-refractivity contribution in [3.05, 3.63) is 45.8 Å². The van der Waals surface area contributed by atoms with Crippen LogP contribution < -0.4 is 5.73 Å². The van der Waals surface area contributed by atoms with Gasteiger partial charge in [-0.3, -0.25) is 10.1 Å². The van der Waals surface area contributed by atoms with Crippen LogP contribution in [0.2, 0.25) is 0 Å². The lowest BCUT2D eigenvalue weighted by molar-refractivity contribution is -0.404. The minimum Gasteiger partial charge on any atom is -0.465 e. The molecule has 1 atom stereocenters. The van der Waals surface area contributed by atoms with Crippen LogP contribution in [0.5, 0.6) is 0 Å². The molecule has 1 aromatic heterocycles. The Morgan fingerprint density at radius 1 is 1.48 bits per heavy atom. The minimum atomic E-state index is -0.570. The second-order valence-electron chi connectivity index (χ2n) is 5.18. The molecule has 1 rings (SSSR count). The van der Waals surface area contributed by atoms with Crippen molar-refractivity contribution in [1.29, 1.82) is 0 Å². The molecule has 1 unspecified atom stereocenters. The second kappa shape index (κ2) is 7.94. The highest BCUT2D eigenvalue weighted by atomic mass is 32.1. The molecule has 0 amide bonds. The van der Waals surface area contributed by atoms with Crippen LogP contribution >= 0.6 is 12.6 Å². The summed E-state index contributed by atoms with van der Waals surface area (Å²) in [6.45, 7) is 1.23. The maximum Gasteiger partial charge on any atom is 0.274 e. The Balaban J connectivity index is 2.51. The van der Waals surface area contributed by atoms with Gasteiger partial charge >= 0.3 is 0 Å². The van der Waals surface area contributed by atoms with Crippen LogP contribution in [-0.4, -0.2) is 47.7 Å². The molecule has 8 heteroatoms. The average Bonchev–Trinajstić information content (AvgIpc) is 2.74. The van der Waals surface area contributed by atoms with Crippen LogP contribution in [0, 0.1) is 10.1 Å². The number of furan rings is 1. The van der Waals surface area contributed by atoms with Gasteiger partial charge in [-0.25, -0.2) is 0 Å². The third kappa shape index (κ3) is 6.54. The first-order chi connectivity index (χ1) is 9.77. The lowest BCUT2D eigenvalue weighted by Gasteiger charge is -2.20. The molecule has 2 N–H and O–H groups in total. The number of rotatable bonds is 8. The van der Waals surface area contributed by atoms with E-state index in [0.29, 0.717) is 13.0 Å². The highest BCUT2D eigenvalue weighted by Crippen LogP contribution is 2.14. The fraction of sp³-hybridized carbons (Fsp3) is 0.538. The summed E-state index contributed by atoms with van der Waals surface area (Å²) >= 11 is 4.48. The minimum absolute atomic E-state index is 0.0351. The van der Waals surface area contributed by atoms with E-state index in [4.69, 9.17) is 10.2 Å². The Hall–Kier alpha value is -1.67. The van der Waals surface area contributed by atoms with Crippen LogP contribution in [0.3, 0.4) is 0 Å². The molecule has 21 heavy (non-hydrogen) atoms. The first-order valence-corrected chi connectivity index (χ1v) is 7.02. The van der Waals surface area contributed by atoms with E-state index in [1.165, 1.54) is 0 Å². The number of hydrogen-bond acceptors (Lipinski definition) is 7. The van der Waals surface area contributed by atoms with Crippen LogP contribution in [0.4, 0.5) is 0 Å². The summed E-state index contributed by atoms with van der Waals surface area (Å²) in [6, 6.07) is 3.87. The second-order valence-corrected chi connectivity index (χ2v) is 5.91. The molecule has 0 aliphatic carbocycles. The molecule has 0 spiro atoms. The summed E-state index contributed by atoms with van der Waals surface area (Å²) < 4.78 is 5.71. The van der Waals surface area contributed by atoms with Gasteiger partial charge in [0.1, 0.15) is 11.5 Å². The molecule has 7 nitrogen and oxygen atoms in total. The van der Waals surface area contributed by atoms with Gasteiger partial charge in [-0.15, -0.1) is 0 Å². The topological polar surface area (TPSA) is 88.8 Å². The Labute approximate surface area is 129 Å². The van der Waals surface area contributed by atoms with E-state index in [9.17, 15) is 10.1 Å². The molecule has 0 saturated carbocycles. The van der Waals surface area contributed by atoms with Crippen molar-refractivity contribution in [1.82, 2.24) is 9.80 Å². The summed E-state index contributed by atoms with van der Waals surface area (Å²) in [5.41, 5.74) is 5.60. The summed E-state index contributed by atoms with van der Waals surface area (Å²) in [6.07, 6.45) is 1.41. The standard InChI is InChI=1S/C13H22N4O3S/c1-15(2)7-11-5-4-10(20-11)6-12(21)8-16(3)13(14)9-17(18)19/h4-5,9,12,21H,6-8,14H2,1-3H3. The third-order valence-electron chi connectivity index (χ3n) is 2.79. The maximum absolute atomic E-state index is 10.4. The summed E-state index contributed by atoms with van der Waals surface area (Å²) in [7, 11) is 5.64. The van der Waals surface area contributed by atoms with Crippen molar-refractivity contribution in [2.75, 3.05) is 27.7 Å². The van der Waals surface area contributed by atoms with E-state index < -0.39 is 4.92 Å². The zero-order valence-electron chi connectivity index (χ0n) is 12.5. The zero-order valence-corrected chi connectivity index (χ0v) is 13.4. The quantitative estimate of drug-likeness (QED) is 0.425. The SMILES string of the molecule is CN(C)Cc1ccc(CC(S)CN(C)C(N)=C[N+](=O)[O-])o1. The Morgan fingerprint density at radius 3 is 2.67 bits per heavy atom. The lowest BCUT2D eigenvalue weighted by atomic mass is 10.2. The van der Waals surface area contributed by atoms with Gasteiger partial charge in [-0.05, 0) is 26.2 Å². The van der Waals surface area contributed by atoms with Crippen LogP contribution in [0.1, 0.15) is 11.5 Å². The Bertz CT molecular complexity index is 501. The number of nitrogens with zero attached hydrogens (tertiary/aromatic N) is 3. The van der Waals surface area contributed by atoms with E-state index in [1.807, 2.05) is 31.1 Å². The van der Waals surface area contributed by atoms with Crippen molar-refractivity contribution in [3.8, 4) is 0 Å². The van der Waals surface area contributed by atoms with Gasteiger partial charge in [0.25, 0.3) is 6.20 Å². The first kappa shape index (κ1) is 17.4. The maximum atomic E-state index is 10.4. The van der Waals surface area contributed by atoms with Crippen molar-refractivity contribution in [2.24, 2.45) is 5.73 Å². The van der Waals surface area contributed by atoms with E-state index in [1.54, 1.807) is 11.9 Å². The Kier molecular flexibility index (Phi) is 6.57. The van der Waals surface area contributed by atoms with Gasteiger partial charge in [0.15, 0.2) is 5.82 Å². The van der Waals surface area contributed by atoms with Gasteiger partial charge in [0.05, 0.1) is 11.5 Å². The monoisotopic (exact) mass is 314 g/mol. The van der Waals surface area contributed by atoms with Crippen molar-refractivity contribution in [3.63, 3.8) is 0 Å². The summed E-state index contributed by atoms with van der Waals surface area (Å²) in [4.78, 5) is 13.4. The molecule has 0 saturated heterocycles. The average molecular weight is 314 g/mol. The Morgan fingerprint density at radius 2 is 2.10 bits per heavy atom. The predicted octanol–water partition coefficient (Wildman–Crippen LogP) is 1.15. The first-order valence-electron chi connectivity index (χ1n) is 6.50. The van der Waals surface area contributed by atoms with Crippen molar-refractivity contribution >= 4 is 12.6 Å². The highest BCUT2D eigenvalue weighted by molar-refractivity contribution is 7.81. The summed E-state index contributed by atoms with van der Waals surface area (Å²) in [5.74, 6) is 1.85. The fourth-order valence-electron chi connectivity index (χ4n) is 1.85. The number of thiol groups is 1. The van der Waals surface area contributed by atoms with Gasteiger partial charge in [0.2, 0.25) is 0 Å². The molecule has 0 aromatic carbocycles. The smallest absolute Gasteiger partial charge is 0.274 e. The van der Waals surface area contributed by atoms with Crippen LogP contribution in [0.25, 0.3) is 0 Å². The van der Waals surface area contributed by atoms with E-state index in [2.05, 4.69) is 12.6 Å². The molecule has 0 aliphatic rings. The number of hydrogen-bond donors (Lipinski definition) is 2. The third-order valence-corrected chi connectivity index (χ3v) is 3.14. The molecule has 0 radical (unpaired) electrons. The predicted molar refractivity (Wildman–Crippen MR) is 84.5 cm³/mol. The molecule has 1 aromatic rings. The normalized spacial score (nSPS) is 13.5. The van der Waals surface area contributed by atoms with Gasteiger partial charge in [-0.1, -0.05) is 0 Å². The molecule has 118 valence electrons. The largest absolute Gasteiger partial charge is 0.465 e. The van der Waals surface area contributed by atoms with Gasteiger partial charge < -0.3 is 20.0 Å². The summed E-state index contributed by atoms with van der Waals surface area (Å²) in [5, 5.41) is 10.3. The molecule has 0 aliphatic heterocycles. The fourth-order valence-corrected chi connectivity index (χ4v) is 2.28. The molecule has 1 heterocycles. The number of nitro groups is 1. The van der Waals surface area contributed by atoms with Crippen LogP contribution in [0.15, 0.2) is 28.6 Å². The molecular weight excluding hydrogens is 292 g/mol.